The van der Waals surface area contributed by atoms with Crippen LogP contribution in [0.2, 0.25) is 0 Å². The number of benzene rings is 3. The van der Waals surface area contributed by atoms with Crippen LogP contribution in [0.25, 0.3) is 11.3 Å². The first-order chi connectivity index (χ1) is 15.5. The molecule has 0 amide bonds. The molecule has 160 valence electrons. The Morgan fingerprint density at radius 1 is 0.844 bits per heavy atom. The Labute approximate surface area is 187 Å². The number of nitro groups is 2. The van der Waals surface area contributed by atoms with Crippen LogP contribution in [-0.2, 0) is 13.0 Å². The molecular formula is C23H18N4O4S. The van der Waals surface area contributed by atoms with Gasteiger partial charge in [-0.15, -0.1) is 11.3 Å². The predicted molar refractivity (Wildman–Crippen MR) is 123 cm³/mol. The molecule has 1 heterocycles. The van der Waals surface area contributed by atoms with Crippen molar-refractivity contribution < 1.29 is 9.85 Å². The Hall–Kier alpha value is -4.11. The van der Waals surface area contributed by atoms with Crippen molar-refractivity contribution in [2.24, 2.45) is 4.99 Å². The number of hydrogen-bond acceptors (Lipinski definition) is 6. The van der Waals surface area contributed by atoms with Crippen LogP contribution in [0.1, 0.15) is 5.56 Å². The first-order valence-electron chi connectivity index (χ1n) is 9.78. The van der Waals surface area contributed by atoms with Gasteiger partial charge in [0.1, 0.15) is 5.69 Å². The van der Waals surface area contributed by atoms with E-state index < -0.39 is 9.85 Å². The van der Waals surface area contributed by atoms with Crippen molar-refractivity contribution in [3.8, 4) is 11.3 Å². The lowest BCUT2D eigenvalue weighted by molar-refractivity contribution is -0.384. The van der Waals surface area contributed by atoms with Gasteiger partial charge in [-0.2, -0.15) is 0 Å². The average molecular weight is 446 g/mol. The zero-order valence-electron chi connectivity index (χ0n) is 16.8. The molecule has 0 saturated carbocycles. The smallest absolute Gasteiger partial charge is 0.294 e. The minimum Gasteiger partial charge on any atom is -0.316 e. The lowest BCUT2D eigenvalue weighted by atomic mass is 10.1. The number of aryl methyl sites for hydroxylation is 1. The fourth-order valence-corrected chi connectivity index (χ4v) is 4.27. The Bertz CT molecular complexity index is 1330. The molecule has 0 saturated heterocycles. The minimum atomic E-state index is -0.446. The standard InChI is InChI=1S/C23H18N4O4S/c28-26(29)19-12-10-18(11-13-19)22-16-32-23(24-20-8-4-5-9-21(20)27(30)31)25(22)15-14-17-6-2-1-3-7-17/h1-13,16H,14-15H2. The Balaban J connectivity index is 1.80. The number of nitro benzene ring substituents is 2. The Kier molecular flexibility index (Phi) is 6.18. The van der Waals surface area contributed by atoms with E-state index >= 15 is 0 Å². The minimum absolute atomic E-state index is 0.0182. The maximum atomic E-state index is 11.4. The molecule has 0 fully saturated rings. The van der Waals surface area contributed by atoms with Gasteiger partial charge >= 0.3 is 0 Å². The topological polar surface area (TPSA) is 104 Å². The second-order valence-electron chi connectivity index (χ2n) is 6.95. The van der Waals surface area contributed by atoms with Gasteiger partial charge < -0.3 is 4.57 Å². The molecule has 1 aromatic heterocycles. The van der Waals surface area contributed by atoms with Crippen molar-refractivity contribution >= 4 is 28.4 Å². The zero-order chi connectivity index (χ0) is 22.5. The van der Waals surface area contributed by atoms with Gasteiger partial charge in [-0.3, -0.25) is 20.2 Å². The van der Waals surface area contributed by atoms with E-state index in [2.05, 4.69) is 4.99 Å². The quantitative estimate of drug-likeness (QED) is 0.276. The summed E-state index contributed by atoms with van der Waals surface area (Å²) in [6, 6.07) is 22.7. The highest BCUT2D eigenvalue weighted by molar-refractivity contribution is 7.07. The van der Waals surface area contributed by atoms with Gasteiger partial charge in [0, 0.05) is 30.1 Å². The molecule has 0 N–H and O–H groups in total. The van der Waals surface area contributed by atoms with E-state index in [1.807, 2.05) is 40.3 Å². The summed E-state index contributed by atoms with van der Waals surface area (Å²) in [4.78, 5) is 26.7. The summed E-state index contributed by atoms with van der Waals surface area (Å²) in [6.07, 6.45) is 0.738. The van der Waals surface area contributed by atoms with Gasteiger partial charge in [-0.05, 0) is 35.7 Å². The second-order valence-corrected chi connectivity index (χ2v) is 7.79. The van der Waals surface area contributed by atoms with Crippen molar-refractivity contribution in [3.63, 3.8) is 0 Å². The van der Waals surface area contributed by atoms with Crippen LogP contribution in [0, 0.1) is 20.2 Å². The zero-order valence-corrected chi connectivity index (χ0v) is 17.6. The predicted octanol–water partition coefficient (Wildman–Crippen LogP) is 5.51. The van der Waals surface area contributed by atoms with Crippen molar-refractivity contribution in [3.05, 3.63) is 115 Å². The highest BCUT2D eigenvalue weighted by Crippen LogP contribution is 2.27. The van der Waals surface area contributed by atoms with Crippen molar-refractivity contribution in [2.45, 2.75) is 13.0 Å². The number of aromatic nitrogens is 1. The number of nitrogens with zero attached hydrogens (tertiary/aromatic N) is 4. The maximum absolute atomic E-state index is 11.4. The molecule has 4 aromatic rings. The fourth-order valence-electron chi connectivity index (χ4n) is 3.32. The molecule has 9 heteroatoms. The maximum Gasteiger partial charge on any atom is 0.294 e. The number of para-hydroxylation sites is 2. The lowest BCUT2D eigenvalue weighted by Crippen LogP contribution is -2.17. The van der Waals surface area contributed by atoms with Crippen LogP contribution in [0.3, 0.4) is 0 Å². The number of thiazole rings is 1. The van der Waals surface area contributed by atoms with Crippen LogP contribution in [0.5, 0.6) is 0 Å². The molecule has 0 spiro atoms. The third-order valence-corrected chi connectivity index (χ3v) is 5.80. The van der Waals surface area contributed by atoms with Crippen LogP contribution in [-0.4, -0.2) is 14.4 Å². The third kappa shape index (κ3) is 4.62. The lowest BCUT2D eigenvalue weighted by Gasteiger charge is -2.10. The SMILES string of the molecule is O=[N+]([O-])c1ccc(-c2csc(=Nc3ccccc3[N+](=O)[O-])n2CCc2ccccc2)cc1. The summed E-state index contributed by atoms with van der Waals surface area (Å²) in [6.45, 7) is 0.597. The first kappa shape index (κ1) is 21.1. The summed E-state index contributed by atoms with van der Waals surface area (Å²) >= 11 is 1.37. The fraction of sp³-hybridized carbons (Fsp3) is 0.0870. The summed E-state index contributed by atoms with van der Waals surface area (Å²) in [7, 11) is 0. The third-order valence-electron chi connectivity index (χ3n) is 4.93. The first-order valence-corrected chi connectivity index (χ1v) is 10.7. The Morgan fingerprint density at radius 3 is 2.22 bits per heavy atom. The molecule has 0 bridgehead atoms. The Morgan fingerprint density at radius 2 is 1.53 bits per heavy atom. The monoisotopic (exact) mass is 446 g/mol. The van der Waals surface area contributed by atoms with Crippen LogP contribution < -0.4 is 4.80 Å². The van der Waals surface area contributed by atoms with E-state index in [0.29, 0.717) is 11.3 Å². The molecule has 0 aliphatic heterocycles. The summed E-state index contributed by atoms with van der Waals surface area (Å²) in [5, 5.41) is 24.3. The highest BCUT2D eigenvalue weighted by Gasteiger charge is 2.14. The number of non-ortho nitro benzene ring substituents is 1. The van der Waals surface area contributed by atoms with Crippen LogP contribution in [0.4, 0.5) is 17.1 Å². The number of hydrogen-bond donors (Lipinski definition) is 0. The van der Waals surface area contributed by atoms with Gasteiger partial charge in [-0.1, -0.05) is 42.5 Å². The van der Waals surface area contributed by atoms with E-state index in [1.165, 1.54) is 29.5 Å². The van der Waals surface area contributed by atoms with E-state index in [4.69, 9.17) is 0 Å². The average Bonchev–Trinajstić information content (AvgIpc) is 3.21. The van der Waals surface area contributed by atoms with E-state index in [0.717, 1.165) is 23.2 Å². The van der Waals surface area contributed by atoms with Gasteiger partial charge in [0.25, 0.3) is 11.4 Å². The molecular weight excluding hydrogens is 428 g/mol. The molecule has 0 unspecified atom stereocenters. The largest absolute Gasteiger partial charge is 0.316 e. The van der Waals surface area contributed by atoms with Crippen molar-refractivity contribution in [1.82, 2.24) is 4.57 Å². The second kappa shape index (κ2) is 9.36. The molecule has 0 atom stereocenters. The van der Waals surface area contributed by atoms with Crippen LogP contribution >= 0.6 is 11.3 Å². The summed E-state index contributed by atoms with van der Waals surface area (Å²) in [5.41, 5.74) is 3.04. The molecule has 0 aliphatic rings. The normalized spacial score (nSPS) is 11.4. The molecule has 0 radical (unpaired) electrons. The van der Waals surface area contributed by atoms with E-state index in [1.54, 1.807) is 30.3 Å². The van der Waals surface area contributed by atoms with E-state index in [-0.39, 0.29) is 17.1 Å². The summed E-state index contributed by atoms with van der Waals surface area (Å²) < 4.78 is 2.00. The van der Waals surface area contributed by atoms with Crippen LogP contribution in [0.15, 0.2) is 89.2 Å². The van der Waals surface area contributed by atoms with E-state index in [9.17, 15) is 20.2 Å². The molecule has 32 heavy (non-hydrogen) atoms. The molecule has 3 aromatic carbocycles. The highest BCUT2D eigenvalue weighted by atomic mass is 32.1. The van der Waals surface area contributed by atoms with Crippen molar-refractivity contribution in [1.29, 1.82) is 0 Å². The van der Waals surface area contributed by atoms with Gasteiger partial charge in [0.2, 0.25) is 0 Å². The molecule has 0 aliphatic carbocycles. The van der Waals surface area contributed by atoms with Crippen molar-refractivity contribution in [2.75, 3.05) is 0 Å². The summed E-state index contributed by atoms with van der Waals surface area (Å²) in [5.74, 6) is 0. The molecule has 4 rings (SSSR count). The molecule has 8 nitrogen and oxygen atoms in total. The number of rotatable bonds is 7. The van der Waals surface area contributed by atoms with Gasteiger partial charge in [-0.25, -0.2) is 4.99 Å². The van der Waals surface area contributed by atoms with Gasteiger partial charge in [0.05, 0.1) is 15.5 Å². The van der Waals surface area contributed by atoms with Gasteiger partial charge in [0.15, 0.2) is 4.80 Å².